The summed E-state index contributed by atoms with van der Waals surface area (Å²) < 4.78 is 17.1. The van der Waals surface area contributed by atoms with Crippen molar-refractivity contribution in [2.45, 2.75) is 124 Å². The van der Waals surface area contributed by atoms with Crippen LogP contribution in [0.4, 0.5) is 0 Å². The Labute approximate surface area is 240 Å². The maximum Gasteiger partial charge on any atom is 0.276 e. The number of aliphatic hydroxyl groups is 6. The largest absolute Gasteiger partial charge is 0.481 e. The van der Waals surface area contributed by atoms with Gasteiger partial charge in [-0.15, -0.1) is 0 Å². The summed E-state index contributed by atoms with van der Waals surface area (Å²) in [4.78, 5) is 0. The molecule has 15 heteroatoms. The van der Waals surface area contributed by atoms with Crippen LogP contribution in [-0.2, 0) is 14.2 Å². The minimum absolute atomic E-state index is 0.0842. The van der Waals surface area contributed by atoms with Crippen LogP contribution in [0.1, 0.15) is 44.9 Å². The molecule has 0 aromatic carbocycles. The van der Waals surface area contributed by atoms with Gasteiger partial charge in [-0.25, -0.2) is 0 Å². The first-order chi connectivity index (χ1) is 19.4. The van der Waals surface area contributed by atoms with Crippen LogP contribution in [0, 0.1) is 0 Å². The van der Waals surface area contributed by atoms with Gasteiger partial charge in [0.05, 0.1) is 30.1 Å². The van der Waals surface area contributed by atoms with Crippen LogP contribution in [0.2, 0.25) is 0 Å². The lowest BCUT2D eigenvalue weighted by Gasteiger charge is -2.40. The molecule has 3 rings (SSSR count). The molecule has 3 aliphatic rings. The van der Waals surface area contributed by atoms with Crippen molar-refractivity contribution in [1.29, 1.82) is 0 Å². The maximum atomic E-state index is 10.7. The molecule has 0 bridgehead atoms. The Morgan fingerprint density at radius 3 is 2.37 bits per heavy atom. The van der Waals surface area contributed by atoms with Gasteiger partial charge in [-0.2, -0.15) is 0 Å². The summed E-state index contributed by atoms with van der Waals surface area (Å²) in [5, 5.41) is 68.1. The Kier molecular flexibility index (Phi) is 13.0. The molecular weight excluding hydrogens is 540 g/mol. The summed E-state index contributed by atoms with van der Waals surface area (Å²) in [5.41, 5.74) is 23.6. The Balaban J connectivity index is 1.64. The molecule has 0 aromatic rings. The van der Waals surface area contributed by atoms with Gasteiger partial charge in [-0.05, 0) is 51.6 Å². The number of ether oxygens (including phenoxy) is 3. The zero-order chi connectivity index (χ0) is 30.3. The lowest BCUT2D eigenvalue weighted by molar-refractivity contribution is -0.218. The quantitative estimate of drug-likeness (QED) is 0.0773. The van der Waals surface area contributed by atoms with Crippen molar-refractivity contribution in [1.82, 2.24) is 10.6 Å². The van der Waals surface area contributed by atoms with E-state index < -0.39 is 67.2 Å². The summed E-state index contributed by atoms with van der Waals surface area (Å²) in [7, 11) is 1.61. The van der Waals surface area contributed by atoms with Crippen LogP contribution in [0.25, 0.3) is 0 Å². The fourth-order valence-corrected chi connectivity index (χ4v) is 5.68. The van der Waals surface area contributed by atoms with Crippen LogP contribution in [0.5, 0.6) is 0 Å². The smallest absolute Gasteiger partial charge is 0.276 e. The first kappa shape index (κ1) is 33.9. The first-order valence-electron chi connectivity index (χ1n) is 14.3. The molecule has 3 fully saturated rings. The molecular formula is C26H50N6O9. The zero-order valence-electron chi connectivity index (χ0n) is 23.5. The predicted octanol–water partition coefficient (Wildman–Crippen LogP) is -3.60. The van der Waals surface area contributed by atoms with Crippen LogP contribution < -0.4 is 33.6 Å². The Morgan fingerprint density at radius 2 is 1.73 bits per heavy atom. The SMILES string of the molecule is CNC1C(O)C[C@H](/C=C(\N)[C@H](O)O[C@@H]2C(N)C[C@@H](N)C(O)C2O)OC1O/C(O)=C/[C@@H](CCO)N[C@H]1CC[C@H](N)CC1. The van der Waals surface area contributed by atoms with Gasteiger partial charge < -0.3 is 78.4 Å². The van der Waals surface area contributed by atoms with E-state index in [0.29, 0.717) is 6.42 Å². The van der Waals surface area contributed by atoms with E-state index in [1.54, 1.807) is 7.05 Å². The van der Waals surface area contributed by atoms with E-state index >= 15 is 0 Å². The second kappa shape index (κ2) is 15.7. The monoisotopic (exact) mass is 590 g/mol. The highest BCUT2D eigenvalue weighted by Crippen LogP contribution is 2.26. The van der Waals surface area contributed by atoms with E-state index in [4.69, 9.17) is 37.1 Å². The molecule has 6 unspecified atom stereocenters. The van der Waals surface area contributed by atoms with Crippen LogP contribution >= 0.6 is 0 Å². The van der Waals surface area contributed by atoms with Gasteiger partial charge >= 0.3 is 0 Å². The van der Waals surface area contributed by atoms with Crippen LogP contribution in [0.15, 0.2) is 23.8 Å². The molecule has 1 aliphatic heterocycles. The summed E-state index contributed by atoms with van der Waals surface area (Å²) >= 11 is 0. The Morgan fingerprint density at radius 1 is 1.05 bits per heavy atom. The van der Waals surface area contributed by atoms with Crippen molar-refractivity contribution in [2.75, 3.05) is 13.7 Å². The number of hydrogen-bond acceptors (Lipinski definition) is 15. The number of nitrogens with two attached hydrogens (primary N) is 4. The third-order valence-corrected chi connectivity index (χ3v) is 8.11. The minimum Gasteiger partial charge on any atom is -0.481 e. The van der Waals surface area contributed by atoms with E-state index in [0.717, 1.165) is 25.7 Å². The first-order valence-corrected chi connectivity index (χ1v) is 14.3. The third-order valence-electron chi connectivity index (χ3n) is 8.11. The van der Waals surface area contributed by atoms with Crippen molar-refractivity contribution in [3.63, 3.8) is 0 Å². The van der Waals surface area contributed by atoms with Gasteiger partial charge in [0.15, 0.2) is 6.29 Å². The van der Waals surface area contributed by atoms with E-state index in [-0.39, 0.29) is 43.3 Å². The summed E-state index contributed by atoms with van der Waals surface area (Å²) in [6.07, 6.45) is -1.50. The van der Waals surface area contributed by atoms with Gasteiger partial charge in [-0.1, -0.05) is 0 Å². The minimum atomic E-state index is -1.70. The van der Waals surface area contributed by atoms with Gasteiger partial charge in [0.25, 0.3) is 5.95 Å². The molecule has 238 valence electrons. The molecule has 0 amide bonds. The molecule has 41 heavy (non-hydrogen) atoms. The second-order valence-electron chi connectivity index (χ2n) is 11.3. The second-order valence-corrected chi connectivity index (χ2v) is 11.3. The van der Waals surface area contributed by atoms with Crippen molar-refractivity contribution in [2.24, 2.45) is 22.9 Å². The fraction of sp³-hybridized carbons (Fsp3) is 0.846. The molecule has 1 heterocycles. The van der Waals surface area contributed by atoms with Crippen molar-refractivity contribution < 1.29 is 44.8 Å². The Hall–Kier alpha value is -1.60. The van der Waals surface area contributed by atoms with Gasteiger partial charge in [0.1, 0.15) is 12.2 Å². The van der Waals surface area contributed by atoms with E-state index in [2.05, 4.69) is 10.6 Å². The lowest BCUT2D eigenvalue weighted by atomic mass is 9.85. The van der Waals surface area contributed by atoms with E-state index in [1.807, 2.05) is 0 Å². The number of rotatable bonds is 12. The zero-order valence-corrected chi connectivity index (χ0v) is 23.5. The highest BCUT2D eigenvalue weighted by atomic mass is 16.7. The van der Waals surface area contributed by atoms with Crippen molar-refractivity contribution >= 4 is 0 Å². The van der Waals surface area contributed by atoms with Crippen LogP contribution in [0.3, 0.4) is 0 Å². The Bertz CT molecular complexity index is 861. The van der Waals surface area contributed by atoms with Crippen molar-refractivity contribution in [3.05, 3.63) is 23.8 Å². The summed E-state index contributed by atoms with van der Waals surface area (Å²) in [6.45, 7) is -0.101. The topological polar surface area (TPSA) is 277 Å². The normalized spacial score (nSPS) is 40.7. The molecule has 2 saturated carbocycles. The molecule has 11 atom stereocenters. The molecule has 16 N–H and O–H groups in total. The molecule has 15 nitrogen and oxygen atoms in total. The molecule has 1 saturated heterocycles. The average Bonchev–Trinajstić information content (AvgIpc) is 2.91. The number of likely N-dealkylation sites (N-methyl/N-ethyl adjacent to an activating group) is 1. The highest BCUT2D eigenvalue weighted by Gasteiger charge is 2.43. The molecule has 0 aromatic heterocycles. The van der Waals surface area contributed by atoms with E-state index in [1.165, 1.54) is 12.2 Å². The average molecular weight is 591 g/mol. The predicted molar refractivity (Wildman–Crippen MR) is 149 cm³/mol. The van der Waals surface area contributed by atoms with Gasteiger partial charge in [0.2, 0.25) is 6.29 Å². The maximum absolute atomic E-state index is 10.7. The number of aliphatic hydroxyl groups excluding tert-OH is 6. The van der Waals surface area contributed by atoms with E-state index in [9.17, 15) is 30.6 Å². The summed E-state index contributed by atoms with van der Waals surface area (Å²) in [6, 6.07) is -2.16. The van der Waals surface area contributed by atoms with Gasteiger partial charge in [0, 0.05) is 49.3 Å². The third kappa shape index (κ3) is 9.44. The lowest BCUT2D eigenvalue weighted by Crippen LogP contribution is -2.62. The number of nitrogens with one attached hydrogen (secondary N) is 2. The molecule has 0 spiro atoms. The fourth-order valence-electron chi connectivity index (χ4n) is 5.68. The highest BCUT2D eigenvalue weighted by molar-refractivity contribution is 5.08. The van der Waals surface area contributed by atoms with Crippen LogP contribution in [-0.4, -0.2) is 124 Å². The number of hydrogen-bond donors (Lipinski definition) is 12. The van der Waals surface area contributed by atoms with Crippen molar-refractivity contribution in [3.8, 4) is 0 Å². The molecule has 2 aliphatic carbocycles. The molecule has 0 radical (unpaired) electrons. The summed E-state index contributed by atoms with van der Waals surface area (Å²) in [5.74, 6) is -0.445. The standard InChI is InChI=1S/C26H50N6O9/c1-31-21-19(34)10-15(9-18(30)25(38)41-24-17(29)11-16(28)22(36)23(24)37)39-26(21)40-20(35)8-14(6-7-33)32-13-4-2-12(27)3-5-13/h8-9,12-17,19,21-26,31-38H,2-7,10-11,27-30H2,1H3/b18-9-,20-8+/t12-,13-,14-,15+,16-,17?,19?,21?,22?,23?,24-,25-,26?/m1/s1. The van der Waals surface area contributed by atoms with Gasteiger partial charge in [-0.3, -0.25) is 0 Å².